The van der Waals surface area contributed by atoms with Crippen LogP contribution < -0.4 is 5.32 Å². The van der Waals surface area contributed by atoms with Crippen molar-refractivity contribution in [3.05, 3.63) is 30.2 Å². The van der Waals surface area contributed by atoms with Crippen molar-refractivity contribution in [1.29, 1.82) is 0 Å². The first-order valence-corrected chi connectivity index (χ1v) is 7.15. The van der Waals surface area contributed by atoms with E-state index in [2.05, 4.69) is 10.1 Å². The molecule has 1 aromatic heterocycles. The third kappa shape index (κ3) is 5.65. The summed E-state index contributed by atoms with van der Waals surface area (Å²) in [5.74, 6) is 0.553. The Kier molecular flexibility index (Phi) is 6.81. The number of carbonyl (C=O) groups excluding carboxylic acids is 2. The Hall–Kier alpha value is -1.69. The number of esters is 1. The molecule has 0 aliphatic carbocycles. The normalized spacial score (nSPS) is 12.3. The number of furan rings is 1. The number of ether oxygens (including phenoxy) is 1. The van der Waals surface area contributed by atoms with E-state index in [0.29, 0.717) is 12.2 Å². The number of carbonyl (C=O) groups is 2. The third-order valence-electron chi connectivity index (χ3n) is 2.35. The minimum absolute atomic E-state index is 0.354. The van der Waals surface area contributed by atoms with Gasteiger partial charge in [0.2, 0.25) is 5.91 Å². The summed E-state index contributed by atoms with van der Waals surface area (Å²) >= 11 is 1.60. The van der Waals surface area contributed by atoms with Crippen LogP contribution in [0.2, 0.25) is 0 Å². The summed E-state index contributed by atoms with van der Waals surface area (Å²) in [5, 5.41) is 2.61. The van der Waals surface area contributed by atoms with E-state index in [1.54, 1.807) is 23.9 Å². The van der Waals surface area contributed by atoms with Crippen molar-refractivity contribution in [2.75, 3.05) is 19.1 Å². The average molecular weight is 283 g/mol. The average Bonchev–Trinajstić information content (AvgIpc) is 2.93. The Bertz CT molecular complexity index is 428. The summed E-state index contributed by atoms with van der Waals surface area (Å²) < 4.78 is 9.72. The highest BCUT2D eigenvalue weighted by Gasteiger charge is 2.19. The van der Waals surface area contributed by atoms with E-state index in [1.807, 2.05) is 6.26 Å². The standard InChI is InChI=1S/C13H17NO4S/c1-17-13(16)11(7-9-19-2)14-12(15)6-5-10-4-3-8-18-10/h3-6,8,11H,7,9H2,1-2H3,(H,14,15)/b6-5+/t11-/m0/s1. The molecule has 104 valence electrons. The molecule has 1 heterocycles. The highest BCUT2D eigenvalue weighted by Crippen LogP contribution is 2.04. The predicted molar refractivity (Wildman–Crippen MR) is 74.7 cm³/mol. The maximum Gasteiger partial charge on any atom is 0.328 e. The van der Waals surface area contributed by atoms with Gasteiger partial charge in [-0.15, -0.1) is 0 Å². The van der Waals surface area contributed by atoms with Gasteiger partial charge >= 0.3 is 5.97 Å². The first-order chi connectivity index (χ1) is 9.17. The molecule has 1 atom stereocenters. The molecule has 1 N–H and O–H groups in total. The maximum atomic E-state index is 11.7. The third-order valence-corrected chi connectivity index (χ3v) is 3.00. The fourth-order valence-electron chi connectivity index (χ4n) is 1.39. The van der Waals surface area contributed by atoms with Gasteiger partial charge in [-0.2, -0.15) is 11.8 Å². The lowest BCUT2D eigenvalue weighted by atomic mass is 10.2. The van der Waals surface area contributed by atoms with E-state index < -0.39 is 12.0 Å². The Morgan fingerprint density at radius 2 is 2.37 bits per heavy atom. The van der Waals surface area contributed by atoms with Crippen molar-refractivity contribution in [1.82, 2.24) is 5.32 Å². The number of thioether (sulfide) groups is 1. The van der Waals surface area contributed by atoms with E-state index >= 15 is 0 Å². The monoisotopic (exact) mass is 283 g/mol. The molecule has 1 amide bonds. The number of rotatable bonds is 7. The van der Waals surface area contributed by atoms with Gasteiger partial charge in [0.1, 0.15) is 11.8 Å². The number of nitrogens with one attached hydrogen (secondary N) is 1. The second kappa shape index (κ2) is 8.42. The van der Waals surface area contributed by atoms with Gasteiger partial charge in [-0.3, -0.25) is 4.79 Å². The number of methoxy groups -OCH3 is 1. The van der Waals surface area contributed by atoms with Crippen LogP contribution in [0.4, 0.5) is 0 Å². The van der Waals surface area contributed by atoms with Crippen molar-refractivity contribution in [3.63, 3.8) is 0 Å². The molecule has 6 heteroatoms. The largest absolute Gasteiger partial charge is 0.467 e. The Morgan fingerprint density at radius 3 is 2.95 bits per heavy atom. The number of amides is 1. The van der Waals surface area contributed by atoms with Crippen molar-refractivity contribution < 1.29 is 18.7 Å². The molecular weight excluding hydrogens is 266 g/mol. The first-order valence-electron chi connectivity index (χ1n) is 5.76. The molecule has 0 fully saturated rings. The Balaban J connectivity index is 2.52. The van der Waals surface area contributed by atoms with Crippen LogP contribution in [0.1, 0.15) is 12.2 Å². The molecule has 5 nitrogen and oxygen atoms in total. The zero-order valence-electron chi connectivity index (χ0n) is 10.9. The van der Waals surface area contributed by atoms with Gasteiger partial charge in [-0.1, -0.05) is 0 Å². The molecule has 0 saturated carbocycles. The Morgan fingerprint density at radius 1 is 1.58 bits per heavy atom. The molecule has 0 unspecified atom stereocenters. The van der Waals surface area contributed by atoms with Gasteiger partial charge in [-0.25, -0.2) is 4.79 Å². The second-order valence-corrected chi connectivity index (χ2v) is 4.70. The first kappa shape index (κ1) is 15.4. The number of hydrogen-bond donors (Lipinski definition) is 1. The van der Waals surface area contributed by atoms with Crippen LogP contribution in [-0.4, -0.2) is 37.0 Å². The summed E-state index contributed by atoms with van der Waals surface area (Å²) in [4.78, 5) is 23.2. The summed E-state index contributed by atoms with van der Waals surface area (Å²) in [5.41, 5.74) is 0. The van der Waals surface area contributed by atoms with Crippen LogP contribution >= 0.6 is 11.8 Å². The van der Waals surface area contributed by atoms with Crippen LogP contribution in [0, 0.1) is 0 Å². The topological polar surface area (TPSA) is 68.5 Å². The molecule has 0 aliphatic rings. The van der Waals surface area contributed by atoms with Gasteiger partial charge in [0.15, 0.2) is 0 Å². The van der Waals surface area contributed by atoms with E-state index in [0.717, 1.165) is 5.75 Å². The van der Waals surface area contributed by atoms with Crippen LogP contribution in [0.3, 0.4) is 0 Å². The van der Waals surface area contributed by atoms with Gasteiger partial charge < -0.3 is 14.5 Å². The molecule has 0 radical (unpaired) electrons. The van der Waals surface area contributed by atoms with Crippen LogP contribution in [0.5, 0.6) is 0 Å². The van der Waals surface area contributed by atoms with E-state index in [1.165, 1.54) is 25.5 Å². The zero-order chi connectivity index (χ0) is 14.1. The molecule has 19 heavy (non-hydrogen) atoms. The van der Waals surface area contributed by atoms with Gasteiger partial charge in [0.05, 0.1) is 13.4 Å². The molecule has 0 saturated heterocycles. The molecule has 1 rings (SSSR count). The molecule has 0 aliphatic heterocycles. The molecular formula is C13H17NO4S. The van der Waals surface area contributed by atoms with Crippen LogP contribution in [-0.2, 0) is 14.3 Å². The van der Waals surface area contributed by atoms with Crippen molar-refractivity contribution in [2.24, 2.45) is 0 Å². The fourth-order valence-corrected chi connectivity index (χ4v) is 1.86. The van der Waals surface area contributed by atoms with Crippen molar-refractivity contribution in [2.45, 2.75) is 12.5 Å². The van der Waals surface area contributed by atoms with Crippen molar-refractivity contribution >= 4 is 29.7 Å². The molecule has 0 spiro atoms. The minimum Gasteiger partial charge on any atom is -0.467 e. The van der Waals surface area contributed by atoms with Crippen LogP contribution in [0.15, 0.2) is 28.9 Å². The van der Waals surface area contributed by atoms with Gasteiger partial charge in [0.25, 0.3) is 0 Å². The highest BCUT2D eigenvalue weighted by molar-refractivity contribution is 7.98. The zero-order valence-corrected chi connectivity index (χ0v) is 11.7. The minimum atomic E-state index is -0.619. The summed E-state index contributed by atoms with van der Waals surface area (Å²) in [6.45, 7) is 0. The molecule has 1 aromatic rings. The lowest BCUT2D eigenvalue weighted by Crippen LogP contribution is -2.41. The predicted octanol–water partition coefficient (Wildman–Crippen LogP) is 1.70. The summed E-state index contributed by atoms with van der Waals surface area (Å²) in [7, 11) is 1.30. The van der Waals surface area contributed by atoms with Gasteiger partial charge in [0, 0.05) is 6.08 Å². The highest BCUT2D eigenvalue weighted by atomic mass is 32.2. The Labute approximate surface area is 116 Å². The fraction of sp³-hybridized carbons (Fsp3) is 0.385. The van der Waals surface area contributed by atoms with E-state index in [9.17, 15) is 9.59 Å². The van der Waals surface area contributed by atoms with Gasteiger partial charge in [-0.05, 0) is 36.6 Å². The van der Waals surface area contributed by atoms with Crippen LogP contribution in [0.25, 0.3) is 6.08 Å². The summed E-state index contributed by atoms with van der Waals surface area (Å²) in [6.07, 6.45) is 6.86. The molecule has 0 aromatic carbocycles. The smallest absolute Gasteiger partial charge is 0.328 e. The summed E-state index contributed by atoms with van der Waals surface area (Å²) in [6, 6.07) is 2.84. The van der Waals surface area contributed by atoms with E-state index in [4.69, 9.17) is 4.42 Å². The van der Waals surface area contributed by atoms with Crippen molar-refractivity contribution in [3.8, 4) is 0 Å². The second-order valence-electron chi connectivity index (χ2n) is 3.71. The quantitative estimate of drug-likeness (QED) is 0.609. The number of hydrogen-bond acceptors (Lipinski definition) is 5. The maximum absolute atomic E-state index is 11.7. The SMILES string of the molecule is COC(=O)[C@H](CCSC)NC(=O)/C=C/c1ccco1. The molecule has 0 bridgehead atoms. The lowest BCUT2D eigenvalue weighted by Gasteiger charge is -2.14. The van der Waals surface area contributed by atoms with E-state index in [-0.39, 0.29) is 5.91 Å². The lowest BCUT2D eigenvalue weighted by molar-refractivity contribution is -0.144.